The van der Waals surface area contributed by atoms with Crippen LogP contribution in [0, 0.1) is 0 Å². The lowest BCUT2D eigenvalue weighted by Crippen LogP contribution is -2.31. The van der Waals surface area contributed by atoms with Gasteiger partial charge in [-0.05, 0) is 32.2 Å². The summed E-state index contributed by atoms with van der Waals surface area (Å²) in [5.74, 6) is 0.685. The molecule has 1 aromatic heterocycles. The van der Waals surface area contributed by atoms with Crippen LogP contribution in [0.25, 0.3) is 0 Å². The lowest BCUT2D eigenvalue weighted by molar-refractivity contribution is 0.341. The van der Waals surface area contributed by atoms with Gasteiger partial charge in [-0.15, -0.1) is 5.10 Å². The standard InChI is InChI=1S/C12H20N4/c1-2-5-10(4-1)12-9-16(15-14-12)11-6-3-7-13-8-11/h9-11,13H,1-8H2. The molecule has 0 aromatic carbocycles. The zero-order valence-electron chi connectivity index (χ0n) is 9.73. The van der Waals surface area contributed by atoms with E-state index in [1.54, 1.807) is 0 Å². The van der Waals surface area contributed by atoms with E-state index in [4.69, 9.17) is 0 Å². The van der Waals surface area contributed by atoms with Crippen molar-refractivity contribution in [3.8, 4) is 0 Å². The van der Waals surface area contributed by atoms with Crippen LogP contribution in [0.2, 0.25) is 0 Å². The molecule has 2 fully saturated rings. The molecule has 1 aliphatic carbocycles. The Morgan fingerprint density at radius 1 is 1.19 bits per heavy atom. The largest absolute Gasteiger partial charge is 0.315 e. The van der Waals surface area contributed by atoms with Crippen LogP contribution in [0.15, 0.2) is 6.20 Å². The Balaban J connectivity index is 1.71. The van der Waals surface area contributed by atoms with Crippen molar-refractivity contribution in [3.05, 3.63) is 11.9 Å². The van der Waals surface area contributed by atoms with Crippen molar-refractivity contribution in [1.29, 1.82) is 0 Å². The topological polar surface area (TPSA) is 42.7 Å². The van der Waals surface area contributed by atoms with E-state index in [2.05, 4.69) is 26.5 Å². The van der Waals surface area contributed by atoms with E-state index < -0.39 is 0 Å². The second kappa shape index (κ2) is 4.53. The van der Waals surface area contributed by atoms with Crippen LogP contribution < -0.4 is 5.32 Å². The monoisotopic (exact) mass is 220 g/mol. The SMILES string of the molecule is c1c(C2CCCC2)nnn1C1CCCNC1. The van der Waals surface area contributed by atoms with Crippen LogP contribution in [0.1, 0.15) is 56.2 Å². The summed E-state index contributed by atoms with van der Waals surface area (Å²) in [7, 11) is 0. The molecule has 3 rings (SSSR count). The Kier molecular flexibility index (Phi) is 2.91. The van der Waals surface area contributed by atoms with Gasteiger partial charge in [0.05, 0.1) is 11.7 Å². The van der Waals surface area contributed by atoms with Gasteiger partial charge in [-0.1, -0.05) is 18.1 Å². The van der Waals surface area contributed by atoms with Gasteiger partial charge in [0.25, 0.3) is 0 Å². The highest BCUT2D eigenvalue weighted by molar-refractivity contribution is 5.04. The Labute approximate surface area is 96.4 Å². The number of nitrogens with one attached hydrogen (secondary N) is 1. The first-order valence-electron chi connectivity index (χ1n) is 6.56. The molecule has 1 saturated carbocycles. The maximum absolute atomic E-state index is 4.36. The molecular weight excluding hydrogens is 200 g/mol. The number of hydrogen-bond acceptors (Lipinski definition) is 3. The van der Waals surface area contributed by atoms with Crippen LogP contribution >= 0.6 is 0 Å². The van der Waals surface area contributed by atoms with Crippen molar-refractivity contribution < 1.29 is 0 Å². The van der Waals surface area contributed by atoms with Gasteiger partial charge in [0.1, 0.15) is 0 Å². The fraction of sp³-hybridized carbons (Fsp3) is 0.833. The summed E-state index contributed by atoms with van der Waals surface area (Å²) in [5, 5.41) is 12.1. The lowest BCUT2D eigenvalue weighted by atomic mass is 10.0. The molecule has 1 N–H and O–H groups in total. The molecule has 4 heteroatoms. The molecule has 1 atom stereocenters. The highest BCUT2D eigenvalue weighted by Crippen LogP contribution is 2.33. The van der Waals surface area contributed by atoms with Gasteiger partial charge in [0.15, 0.2) is 0 Å². The van der Waals surface area contributed by atoms with Gasteiger partial charge in [-0.2, -0.15) is 0 Å². The Hall–Kier alpha value is -0.900. The van der Waals surface area contributed by atoms with Crippen LogP contribution in [-0.2, 0) is 0 Å². The summed E-state index contributed by atoms with van der Waals surface area (Å²) < 4.78 is 2.08. The maximum atomic E-state index is 4.36. The molecule has 1 unspecified atom stereocenters. The highest BCUT2D eigenvalue weighted by atomic mass is 15.4. The Bertz CT molecular complexity index is 335. The third kappa shape index (κ3) is 1.98. The maximum Gasteiger partial charge on any atom is 0.0858 e. The molecule has 2 aliphatic rings. The Morgan fingerprint density at radius 3 is 2.81 bits per heavy atom. The van der Waals surface area contributed by atoms with Crippen molar-refractivity contribution in [2.24, 2.45) is 0 Å². The average Bonchev–Trinajstić information content (AvgIpc) is 3.01. The van der Waals surface area contributed by atoms with Gasteiger partial charge in [0.2, 0.25) is 0 Å². The normalized spacial score (nSPS) is 27.4. The van der Waals surface area contributed by atoms with Gasteiger partial charge in [-0.25, -0.2) is 4.68 Å². The smallest absolute Gasteiger partial charge is 0.0858 e. The summed E-state index contributed by atoms with van der Waals surface area (Å²) in [6.07, 6.45) is 10.0. The van der Waals surface area contributed by atoms with E-state index in [0.717, 1.165) is 13.1 Å². The van der Waals surface area contributed by atoms with E-state index >= 15 is 0 Å². The van der Waals surface area contributed by atoms with Gasteiger partial charge >= 0.3 is 0 Å². The van der Waals surface area contributed by atoms with Crippen molar-refractivity contribution in [1.82, 2.24) is 20.3 Å². The van der Waals surface area contributed by atoms with Crippen molar-refractivity contribution in [2.45, 2.75) is 50.5 Å². The average molecular weight is 220 g/mol. The first-order chi connectivity index (χ1) is 7.93. The minimum absolute atomic E-state index is 0.524. The molecule has 88 valence electrons. The molecule has 1 saturated heterocycles. The molecular formula is C12H20N4. The second-order valence-electron chi connectivity index (χ2n) is 5.10. The zero-order valence-corrected chi connectivity index (χ0v) is 9.73. The van der Waals surface area contributed by atoms with E-state index in [0.29, 0.717) is 12.0 Å². The third-order valence-electron chi connectivity index (χ3n) is 3.95. The van der Waals surface area contributed by atoms with Crippen molar-refractivity contribution in [3.63, 3.8) is 0 Å². The summed E-state index contributed by atoms with van der Waals surface area (Å²) in [6, 6.07) is 0.524. The molecule has 0 spiro atoms. The first kappa shape index (κ1) is 10.3. The lowest BCUT2D eigenvalue weighted by Gasteiger charge is -2.22. The van der Waals surface area contributed by atoms with Crippen LogP contribution in [0.4, 0.5) is 0 Å². The zero-order chi connectivity index (χ0) is 10.8. The molecule has 4 nitrogen and oxygen atoms in total. The molecule has 1 aliphatic heterocycles. The van der Waals surface area contributed by atoms with Gasteiger partial charge in [0, 0.05) is 18.7 Å². The first-order valence-corrected chi connectivity index (χ1v) is 6.56. The third-order valence-corrected chi connectivity index (χ3v) is 3.95. The minimum Gasteiger partial charge on any atom is -0.315 e. The predicted octanol–water partition coefficient (Wildman–Crippen LogP) is 1.86. The quantitative estimate of drug-likeness (QED) is 0.827. The summed E-state index contributed by atoms with van der Waals surface area (Å²) >= 11 is 0. The summed E-state index contributed by atoms with van der Waals surface area (Å²) in [5.41, 5.74) is 1.23. The number of piperidine rings is 1. The van der Waals surface area contributed by atoms with E-state index in [1.165, 1.54) is 44.2 Å². The number of aromatic nitrogens is 3. The predicted molar refractivity (Wildman–Crippen MR) is 62.4 cm³/mol. The van der Waals surface area contributed by atoms with Crippen LogP contribution in [0.5, 0.6) is 0 Å². The number of hydrogen-bond donors (Lipinski definition) is 1. The van der Waals surface area contributed by atoms with Crippen molar-refractivity contribution in [2.75, 3.05) is 13.1 Å². The molecule has 16 heavy (non-hydrogen) atoms. The highest BCUT2D eigenvalue weighted by Gasteiger charge is 2.22. The molecule has 0 amide bonds. The van der Waals surface area contributed by atoms with Crippen LogP contribution in [0.3, 0.4) is 0 Å². The molecule has 0 bridgehead atoms. The van der Waals surface area contributed by atoms with Crippen molar-refractivity contribution >= 4 is 0 Å². The molecule has 1 aromatic rings. The summed E-state index contributed by atoms with van der Waals surface area (Å²) in [6.45, 7) is 2.20. The second-order valence-corrected chi connectivity index (χ2v) is 5.10. The van der Waals surface area contributed by atoms with Crippen LogP contribution in [-0.4, -0.2) is 28.1 Å². The van der Waals surface area contributed by atoms with Gasteiger partial charge < -0.3 is 5.32 Å². The fourth-order valence-corrected chi connectivity index (χ4v) is 2.94. The Morgan fingerprint density at radius 2 is 2.06 bits per heavy atom. The number of rotatable bonds is 2. The van der Waals surface area contributed by atoms with E-state index in [-0.39, 0.29) is 0 Å². The van der Waals surface area contributed by atoms with E-state index in [1.807, 2.05) is 0 Å². The summed E-state index contributed by atoms with van der Waals surface area (Å²) in [4.78, 5) is 0. The van der Waals surface area contributed by atoms with Gasteiger partial charge in [-0.3, -0.25) is 0 Å². The molecule has 0 radical (unpaired) electrons. The molecule has 2 heterocycles. The minimum atomic E-state index is 0.524. The van der Waals surface area contributed by atoms with E-state index in [9.17, 15) is 0 Å². The number of nitrogens with zero attached hydrogens (tertiary/aromatic N) is 3. The fourth-order valence-electron chi connectivity index (χ4n) is 2.94.